The van der Waals surface area contributed by atoms with Crippen LogP contribution in [0.5, 0.6) is 5.75 Å². The van der Waals surface area contributed by atoms with Gasteiger partial charge < -0.3 is 29.3 Å². The van der Waals surface area contributed by atoms with Gasteiger partial charge in [0.1, 0.15) is 18.0 Å². The van der Waals surface area contributed by atoms with Crippen molar-refractivity contribution in [2.75, 3.05) is 33.3 Å². The third kappa shape index (κ3) is 10.7. The largest absolute Gasteiger partial charge is 0.487 e. The number of pyridine rings is 1. The highest BCUT2D eigenvalue weighted by Crippen LogP contribution is 2.27. The molecule has 1 N–H and O–H groups in total. The topological polar surface area (TPSA) is 127 Å². The number of carbonyl (C=O) groups is 4. The molecule has 4 rings (SSSR count). The van der Waals surface area contributed by atoms with E-state index in [9.17, 15) is 19.2 Å². The number of aromatic nitrogens is 1. The Morgan fingerprint density at radius 3 is 2.43 bits per heavy atom. The summed E-state index contributed by atoms with van der Waals surface area (Å²) in [6, 6.07) is 10.9. The second-order valence-electron chi connectivity index (χ2n) is 13.2. The summed E-state index contributed by atoms with van der Waals surface area (Å²) in [6.45, 7) is 8.16. The second kappa shape index (κ2) is 16.4. The van der Waals surface area contributed by atoms with E-state index in [2.05, 4.69) is 10.3 Å². The summed E-state index contributed by atoms with van der Waals surface area (Å²) in [6.07, 6.45) is 7.09. The second-order valence-corrected chi connectivity index (χ2v) is 13.2. The van der Waals surface area contributed by atoms with Crippen molar-refractivity contribution in [1.82, 2.24) is 20.1 Å². The molecule has 250 valence electrons. The zero-order chi connectivity index (χ0) is 33.1. The summed E-state index contributed by atoms with van der Waals surface area (Å²) in [7, 11) is 1.31. The summed E-state index contributed by atoms with van der Waals surface area (Å²) >= 11 is 0. The molecular formula is C35H48N4O7. The van der Waals surface area contributed by atoms with Gasteiger partial charge in [0.05, 0.1) is 31.7 Å². The van der Waals surface area contributed by atoms with Crippen LogP contribution in [-0.2, 0) is 30.5 Å². The van der Waals surface area contributed by atoms with Crippen LogP contribution in [0.1, 0.15) is 82.9 Å². The Kier molecular flexibility index (Phi) is 12.4. The molecule has 0 radical (unpaired) electrons. The minimum atomic E-state index is -0.662. The summed E-state index contributed by atoms with van der Waals surface area (Å²) in [4.78, 5) is 59.2. The van der Waals surface area contributed by atoms with Crippen molar-refractivity contribution in [3.05, 3.63) is 59.9 Å². The number of methoxy groups -OCH3 is 1. The van der Waals surface area contributed by atoms with Crippen LogP contribution < -0.4 is 10.1 Å². The Labute approximate surface area is 272 Å². The molecule has 11 nitrogen and oxygen atoms in total. The first kappa shape index (κ1) is 34.7. The Morgan fingerprint density at radius 2 is 1.74 bits per heavy atom. The van der Waals surface area contributed by atoms with Gasteiger partial charge in [-0.15, -0.1) is 0 Å². The first-order valence-electron chi connectivity index (χ1n) is 16.2. The lowest BCUT2D eigenvalue weighted by molar-refractivity contribution is -0.141. The van der Waals surface area contributed by atoms with E-state index < -0.39 is 17.6 Å². The van der Waals surface area contributed by atoms with Crippen LogP contribution in [0.3, 0.4) is 0 Å². The third-order valence-corrected chi connectivity index (χ3v) is 8.48. The normalized spacial score (nSPS) is 18.0. The number of amides is 3. The number of hydrogen-bond donors (Lipinski definition) is 1. The van der Waals surface area contributed by atoms with Crippen LogP contribution in [0, 0.1) is 11.8 Å². The van der Waals surface area contributed by atoms with E-state index in [4.69, 9.17) is 14.2 Å². The Balaban J connectivity index is 1.28. The average Bonchev–Trinajstić information content (AvgIpc) is 3.06. The molecule has 2 saturated heterocycles. The number of hydrogen-bond acceptors (Lipinski definition) is 8. The number of nitrogens with zero attached hydrogens (tertiary/aromatic N) is 3. The molecule has 2 aliphatic heterocycles. The molecule has 0 spiro atoms. The molecule has 2 aromatic rings. The number of benzene rings is 1. The van der Waals surface area contributed by atoms with Gasteiger partial charge in [-0.1, -0.05) is 30.3 Å². The van der Waals surface area contributed by atoms with Gasteiger partial charge in [0, 0.05) is 38.8 Å². The van der Waals surface area contributed by atoms with Gasteiger partial charge in [-0.25, -0.2) is 4.79 Å². The van der Waals surface area contributed by atoms with Crippen LogP contribution in [-0.4, -0.2) is 77.6 Å². The van der Waals surface area contributed by atoms with Crippen LogP contribution in [0.2, 0.25) is 0 Å². The van der Waals surface area contributed by atoms with E-state index in [0.717, 1.165) is 31.2 Å². The first-order valence-corrected chi connectivity index (χ1v) is 16.2. The van der Waals surface area contributed by atoms with Gasteiger partial charge in [0.2, 0.25) is 11.8 Å². The minimum absolute atomic E-state index is 0.0469. The van der Waals surface area contributed by atoms with Gasteiger partial charge >= 0.3 is 12.1 Å². The summed E-state index contributed by atoms with van der Waals surface area (Å²) in [5, 5.41) is 3.02. The highest BCUT2D eigenvalue weighted by molar-refractivity contribution is 5.82. The molecule has 1 aromatic heterocycles. The summed E-state index contributed by atoms with van der Waals surface area (Å²) in [5.74, 6) is -0.122. The molecule has 2 aliphatic rings. The van der Waals surface area contributed by atoms with E-state index in [1.54, 1.807) is 28.3 Å². The maximum atomic E-state index is 13.5. The number of piperidine rings is 2. The highest BCUT2D eigenvalue weighted by atomic mass is 16.6. The minimum Gasteiger partial charge on any atom is -0.487 e. The van der Waals surface area contributed by atoms with E-state index in [1.807, 2.05) is 51.1 Å². The molecule has 0 aliphatic carbocycles. The van der Waals surface area contributed by atoms with Crippen molar-refractivity contribution in [3.8, 4) is 5.75 Å². The SMILES string of the molecule is COC(=O)C[C@H](NC(=O)C1CCCN(C(=O)CCC2CCN(C(=O)OC(C)(C)C)CC2)C1)c1cncc(OCc2ccccc2)c1. The van der Waals surface area contributed by atoms with Crippen molar-refractivity contribution in [2.45, 2.75) is 84.0 Å². The molecule has 46 heavy (non-hydrogen) atoms. The predicted molar refractivity (Wildman–Crippen MR) is 172 cm³/mol. The fraction of sp³-hybridized carbons (Fsp3) is 0.571. The lowest BCUT2D eigenvalue weighted by Gasteiger charge is -2.35. The molecule has 2 fully saturated rings. The average molecular weight is 637 g/mol. The zero-order valence-corrected chi connectivity index (χ0v) is 27.5. The summed E-state index contributed by atoms with van der Waals surface area (Å²) < 4.78 is 16.3. The van der Waals surface area contributed by atoms with Gasteiger partial charge in [0.25, 0.3) is 0 Å². The molecule has 3 amide bonds. The van der Waals surface area contributed by atoms with E-state index in [0.29, 0.717) is 62.9 Å². The molecular weight excluding hydrogens is 588 g/mol. The standard InChI is InChI=1S/C35H48N4O7/c1-35(2,3)46-34(43)38-17-14-25(15-18-38)12-13-31(40)39-16-8-11-27(23-39)33(42)37-30(20-32(41)44-4)28-19-29(22-36-21-28)45-24-26-9-6-5-7-10-26/h5-7,9-10,19,21-22,25,27,30H,8,11-18,20,23-24H2,1-4H3,(H,37,42)/t27?,30-/m0/s1. The van der Waals surface area contributed by atoms with Gasteiger partial charge in [-0.3, -0.25) is 19.4 Å². The Morgan fingerprint density at radius 1 is 1.00 bits per heavy atom. The van der Waals surface area contributed by atoms with Crippen molar-refractivity contribution in [1.29, 1.82) is 0 Å². The molecule has 11 heteroatoms. The number of nitrogens with one attached hydrogen (secondary N) is 1. The van der Waals surface area contributed by atoms with Gasteiger partial charge in [-0.2, -0.15) is 0 Å². The van der Waals surface area contributed by atoms with Gasteiger partial charge in [0.15, 0.2) is 0 Å². The molecule has 2 atom stereocenters. The fourth-order valence-corrected chi connectivity index (χ4v) is 5.87. The number of ether oxygens (including phenoxy) is 3. The monoisotopic (exact) mass is 636 g/mol. The van der Waals surface area contributed by atoms with Gasteiger partial charge in [-0.05, 0) is 76.0 Å². The predicted octanol–water partition coefficient (Wildman–Crippen LogP) is 5.05. The molecule has 0 saturated carbocycles. The molecule has 3 heterocycles. The molecule has 1 aromatic carbocycles. The maximum absolute atomic E-state index is 13.5. The number of rotatable bonds is 11. The Bertz CT molecular complexity index is 1320. The molecule has 1 unspecified atom stereocenters. The van der Waals surface area contributed by atoms with Crippen molar-refractivity contribution in [3.63, 3.8) is 0 Å². The van der Waals surface area contributed by atoms with Crippen LogP contribution >= 0.6 is 0 Å². The smallest absolute Gasteiger partial charge is 0.410 e. The number of esters is 1. The fourth-order valence-electron chi connectivity index (χ4n) is 5.87. The maximum Gasteiger partial charge on any atom is 0.410 e. The highest BCUT2D eigenvalue weighted by Gasteiger charge is 2.32. The summed E-state index contributed by atoms with van der Waals surface area (Å²) in [5.41, 5.74) is 1.11. The first-order chi connectivity index (χ1) is 22.0. The Hall–Kier alpha value is -4.15. The van der Waals surface area contributed by atoms with Crippen molar-refractivity contribution >= 4 is 23.9 Å². The van der Waals surface area contributed by atoms with Crippen LogP contribution in [0.4, 0.5) is 4.79 Å². The lowest BCUT2D eigenvalue weighted by atomic mass is 9.91. The van der Waals surface area contributed by atoms with E-state index in [-0.39, 0.29) is 30.2 Å². The zero-order valence-electron chi connectivity index (χ0n) is 27.5. The molecule has 0 bridgehead atoms. The lowest BCUT2D eigenvalue weighted by Crippen LogP contribution is -2.46. The van der Waals surface area contributed by atoms with Crippen molar-refractivity contribution < 1.29 is 33.4 Å². The third-order valence-electron chi connectivity index (χ3n) is 8.48. The van der Waals surface area contributed by atoms with Crippen LogP contribution in [0.25, 0.3) is 0 Å². The van der Waals surface area contributed by atoms with E-state index in [1.165, 1.54) is 7.11 Å². The van der Waals surface area contributed by atoms with Crippen LogP contribution in [0.15, 0.2) is 48.8 Å². The number of likely N-dealkylation sites (tertiary alicyclic amines) is 2. The number of carbonyl (C=O) groups excluding carboxylic acids is 4. The van der Waals surface area contributed by atoms with E-state index >= 15 is 0 Å². The van der Waals surface area contributed by atoms with Crippen molar-refractivity contribution in [2.24, 2.45) is 11.8 Å². The quantitative estimate of drug-likeness (QED) is 0.340.